The number of carbonyl (C=O) groups excluding carboxylic acids is 1. The number of thiophene rings is 1. The molecule has 19 heavy (non-hydrogen) atoms. The molecule has 4 heteroatoms. The Hall–Kier alpha value is -0.870. The lowest BCUT2D eigenvalue weighted by Crippen LogP contribution is -2.41. The topological polar surface area (TPSA) is 32.3 Å². The number of amides is 1. The number of nitrogens with zero attached hydrogens (tertiary/aromatic N) is 1. The summed E-state index contributed by atoms with van der Waals surface area (Å²) in [5, 5.41) is 5.12. The maximum atomic E-state index is 12.2. The molecule has 1 heterocycles. The van der Waals surface area contributed by atoms with Crippen LogP contribution in [-0.2, 0) is 0 Å². The van der Waals surface area contributed by atoms with Gasteiger partial charge >= 0.3 is 0 Å². The molecule has 1 amide bonds. The van der Waals surface area contributed by atoms with Crippen LogP contribution < -0.4 is 5.32 Å². The fourth-order valence-electron chi connectivity index (χ4n) is 2.52. The predicted octanol–water partition coefficient (Wildman–Crippen LogP) is 3.09. The highest BCUT2D eigenvalue weighted by molar-refractivity contribution is 7.12. The van der Waals surface area contributed by atoms with Gasteiger partial charge in [0.25, 0.3) is 5.91 Å². The van der Waals surface area contributed by atoms with Crippen LogP contribution in [0, 0.1) is 0 Å². The van der Waals surface area contributed by atoms with Crippen molar-refractivity contribution in [2.24, 2.45) is 0 Å². The van der Waals surface area contributed by atoms with Gasteiger partial charge in [-0.2, -0.15) is 0 Å². The van der Waals surface area contributed by atoms with E-state index in [2.05, 4.69) is 37.1 Å². The van der Waals surface area contributed by atoms with Gasteiger partial charge in [0.05, 0.1) is 4.88 Å². The first-order valence-corrected chi connectivity index (χ1v) is 8.14. The third-order valence-electron chi connectivity index (χ3n) is 3.91. The molecule has 0 saturated heterocycles. The van der Waals surface area contributed by atoms with Gasteiger partial charge in [-0.3, -0.25) is 9.69 Å². The van der Waals surface area contributed by atoms with Crippen molar-refractivity contribution in [3.63, 3.8) is 0 Å². The van der Waals surface area contributed by atoms with Gasteiger partial charge in [-0.05, 0) is 55.8 Å². The van der Waals surface area contributed by atoms with Crippen molar-refractivity contribution in [3.05, 3.63) is 21.9 Å². The summed E-state index contributed by atoms with van der Waals surface area (Å²) in [6.45, 7) is 9.27. The SMILES string of the molecule is CCN(CC)C(C)CNC(=O)c1sccc1C1CC1. The van der Waals surface area contributed by atoms with Crippen molar-refractivity contribution >= 4 is 17.2 Å². The van der Waals surface area contributed by atoms with E-state index >= 15 is 0 Å². The Bertz CT molecular complexity index is 422. The van der Waals surface area contributed by atoms with Crippen LogP contribution >= 0.6 is 11.3 Å². The fourth-order valence-corrected chi connectivity index (χ4v) is 3.42. The first kappa shape index (κ1) is 14.5. The predicted molar refractivity (Wildman–Crippen MR) is 81.0 cm³/mol. The lowest BCUT2D eigenvalue weighted by Gasteiger charge is -2.26. The van der Waals surface area contributed by atoms with E-state index in [9.17, 15) is 4.79 Å². The largest absolute Gasteiger partial charge is 0.350 e. The van der Waals surface area contributed by atoms with E-state index < -0.39 is 0 Å². The van der Waals surface area contributed by atoms with Crippen LogP contribution in [0.5, 0.6) is 0 Å². The van der Waals surface area contributed by atoms with Gasteiger partial charge in [-0.1, -0.05) is 13.8 Å². The Kier molecular flexibility index (Phi) is 4.99. The van der Waals surface area contributed by atoms with Crippen LogP contribution in [0.25, 0.3) is 0 Å². The van der Waals surface area contributed by atoms with E-state index in [0.717, 1.165) is 24.5 Å². The van der Waals surface area contributed by atoms with Crippen molar-refractivity contribution in [1.29, 1.82) is 0 Å². The number of hydrogen-bond donors (Lipinski definition) is 1. The smallest absolute Gasteiger partial charge is 0.261 e. The van der Waals surface area contributed by atoms with E-state index in [-0.39, 0.29) is 5.91 Å². The van der Waals surface area contributed by atoms with Gasteiger partial charge in [0.15, 0.2) is 0 Å². The Labute approximate surface area is 120 Å². The van der Waals surface area contributed by atoms with Crippen molar-refractivity contribution in [2.45, 2.75) is 45.6 Å². The monoisotopic (exact) mass is 280 g/mol. The molecule has 0 aromatic carbocycles. The zero-order valence-electron chi connectivity index (χ0n) is 12.1. The summed E-state index contributed by atoms with van der Waals surface area (Å²) in [5.74, 6) is 0.753. The van der Waals surface area contributed by atoms with E-state index in [1.807, 2.05) is 5.38 Å². The van der Waals surface area contributed by atoms with Crippen LogP contribution in [0.15, 0.2) is 11.4 Å². The van der Waals surface area contributed by atoms with Crippen molar-refractivity contribution < 1.29 is 4.79 Å². The second-order valence-corrected chi connectivity index (χ2v) is 6.18. The van der Waals surface area contributed by atoms with Gasteiger partial charge < -0.3 is 5.32 Å². The molecule has 1 aromatic rings. The second kappa shape index (κ2) is 6.53. The molecule has 0 radical (unpaired) electrons. The number of hydrogen-bond acceptors (Lipinski definition) is 3. The molecule has 1 saturated carbocycles. The molecule has 0 aliphatic heterocycles. The average Bonchev–Trinajstić information content (AvgIpc) is 3.14. The molecule has 3 nitrogen and oxygen atoms in total. The molecule has 1 unspecified atom stereocenters. The summed E-state index contributed by atoms with van der Waals surface area (Å²) in [4.78, 5) is 15.5. The van der Waals surface area contributed by atoms with Crippen LogP contribution in [0.3, 0.4) is 0 Å². The van der Waals surface area contributed by atoms with Crippen molar-refractivity contribution in [1.82, 2.24) is 10.2 Å². The highest BCUT2D eigenvalue weighted by Crippen LogP contribution is 2.43. The number of rotatable bonds is 7. The summed E-state index contributed by atoms with van der Waals surface area (Å²) in [6, 6.07) is 2.51. The van der Waals surface area contributed by atoms with E-state index in [0.29, 0.717) is 12.0 Å². The minimum Gasteiger partial charge on any atom is -0.350 e. The van der Waals surface area contributed by atoms with Crippen LogP contribution in [0.4, 0.5) is 0 Å². The molecule has 1 fully saturated rings. The van der Waals surface area contributed by atoms with Crippen LogP contribution in [-0.4, -0.2) is 36.5 Å². The zero-order chi connectivity index (χ0) is 13.8. The lowest BCUT2D eigenvalue weighted by molar-refractivity contribution is 0.0941. The van der Waals surface area contributed by atoms with Gasteiger partial charge in [0.1, 0.15) is 0 Å². The molecule has 106 valence electrons. The highest BCUT2D eigenvalue weighted by Gasteiger charge is 2.28. The van der Waals surface area contributed by atoms with Crippen LogP contribution in [0.2, 0.25) is 0 Å². The minimum atomic E-state index is 0.107. The summed E-state index contributed by atoms with van der Waals surface area (Å²) >= 11 is 1.57. The first-order chi connectivity index (χ1) is 9.17. The summed E-state index contributed by atoms with van der Waals surface area (Å²) in [6.07, 6.45) is 2.49. The quantitative estimate of drug-likeness (QED) is 0.832. The number of nitrogens with one attached hydrogen (secondary N) is 1. The average molecular weight is 280 g/mol. The maximum absolute atomic E-state index is 12.2. The maximum Gasteiger partial charge on any atom is 0.261 e. The molecule has 1 aliphatic carbocycles. The molecule has 1 aromatic heterocycles. The highest BCUT2D eigenvalue weighted by atomic mass is 32.1. The van der Waals surface area contributed by atoms with E-state index in [1.54, 1.807) is 11.3 Å². The Morgan fingerprint density at radius 3 is 2.74 bits per heavy atom. The Balaban J connectivity index is 1.88. The number of carbonyl (C=O) groups is 1. The fraction of sp³-hybridized carbons (Fsp3) is 0.667. The summed E-state index contributed by atoms with van der Waals surface area (Å²) in [7, 11) is 0. The van der Waals surface area contributed by atoms with Crippen molar-refractivity contribution in [2.75, 3.05) is 19.6 Å². The Morgan fingerprint density at radius 1 is 1.47 bits per heavy atom. The van der Waals surface area contributed by atoms with Gasteiger partial charge in [0.2, 0.25) is 0 Å². The standard InChI is InChI=1S/C15H24N2OS/c1-4-17(5-2)11(3)10-16-15(18)14-13(8-9-19-14)12-6-7-12/h8-9,11-12H,4-7,10H2,1-3H3,(H,16,18). The normalized spacial score (nSPS) is 16.6. The summed E-state index contributed by atoms with van der Waals surface area (Å²) in [5.41, 5.74) is 1.26. The van der Waals surface area contributed by atoms with E-state index in [4.69, 9.17) is 0 Å². The minimum absolute atomic E-state index is 0.107. The third-order valence-corrected chi connectivity index (χ3v) is 4.84. The number of likely N-dealkylation sites (N-methyl/N-ethyl adjacent to an activating group) is 1. The molecular formula is C15H24N2OS. The molecule has 0 bridgehead atoms. The van der Waals surface area contributed by atoms with E-state index in [1.165, 1.54) is 18.4 Å². The lowest BCUT2D eigenvalue weighted by atomic mass is 10.1. The molecule has 1 N–H and O–H groups in total. The van der Waals surface area contributed by atoms with Gasteiger partial charge in [-0.15, -0.1) is 11.3 Å². The summed E-state index contributed by atoms with van der Waals surface area (Å²) < 4.78 is 0. The third kappa shape index (κ3) is 3.57. The second-order valence-electron chi connectivity index (χ2n) is 5.26. The molecule has 1 atom stereocenters. The van der Waals surface area contributed by atoms with Gasteiger partial charge in [0, 0.05) is 12.6 Å². The molecule has 1 aliphatic rings. The first-order valence-electron chi connectivity index (χ1n) is 7.27. The van der Waals surface area contributed by atoms with Crippen molar-refractivity contribution in [3.8, 4) is 0 Å². The zero-order valence-corrected chi connectivity index (χ0v) is 12.9. The molecule has 0 spiro atoms. The Morgan fingerprint density at radius 2 is 2.16 bits per heavy atom. The molecular weight excluding hydrogens is 256 g/mol. The van der Waals surface area contributed by atoms with Crippen LogP contribution in [0.1, 0.15) is 54.8 Å². The molecule has 2 rings (SSSR count). The van der Waals surface area contributed by atoms with Gasteiger partial charge in [-0.25, -0.2) is 0 Å².